The quantitative estimate of drug-likeness (QED) is 0.357. The molecule has 1 aromatic heterocycles. The maximum atomic E-state index is 12.9. The molecule has 0 aliphatic carbocycles. The minimum Gasteiger partial charge on any atom is -0.467 e. The molecule has 0 N–H and O–H groups in total. The fraction of sp³-hybridized carbons (Fsp3) is 0.455. The van der Waals surface area contributed by atoms with Crippen molar-refractivity contribution in [2.45, 2.75) is 50.8 Å². The highest BCUT2D eigenvalue weighted by Gasteiger charge is 2.52. The molecular formula is C22H28N4O4. The van der Waals surface area contributed by atoms with E-state index in [2.05, 4.69) is 16.9 Å². The topological polar surface area (TPSA) is 86.5 Å². The van der Waals surface area contributed by atoms with Gasteiger partial charge < -0.3 is 9.47 Å². The van der Waals surface area contributed by atoms with E-state index in [-0.39, 0.29) is 13.0 Å². The van der Waals surface area contributed by atoms with E-state index in [4.69, 9.17) is 9.47 Å². The highest BCUT2D eigenvalue weighted by atomic mass is 16.6. The normalized spacial score (nSPS) is 18.2. The molecule has 0 unspecified atom stereocenters. The van der Waals surface area contributed by atoms with Crippen molar-refractivity contribution in [3.05, 3.63) is 60.4 Å². The van der Waals surface area contributed by atoms with Crippen LogP contribution in [0.3, 0.4) is 0 Å². The minimum atomic E-state index is -1.13. The number of carbonyl (C=O) groups is 2. The van der Waals surface area contributed by atoms with Crippen molar-refractivity contribution in [1.82, 2.24) is 19.9 Å². The van der Waals surface area contributed by atoms with Crippen LogP contribution in [0.15, 0.2) is 49.2 Å². The number of allylic oxidation sites excluding steroid dienone is 1. The van der Waals surface area contributed by atoms with Crippen molar-refractivity contribution >= 4 is 12.1 Å². The number of ether oxygens (including phenoxy) is 2. The molecule has 8 nitrogen and oxygen atoms in total. The zero-order valence-electron chi connectivity index (χ0n) is 17.3. The predicted octanol–water partition coefficient (Wildman–Crippen LogP) is 3.13. The summed E-state index contributed by atoms with van der Waals surface area (Å²) in [6.45, 7) is 5.00. The molecule has 1 atom stereocenters. The first kappa shape index (κ1) is 21.5. The van der Waals surface area contributed by atoms with Gasteiger partial charge in [-0.15, -0.1) is 11.7 Å². The number of hydrogen-bond acceptors (Lipinski definition) is 6. The second kappa shape index (κ2) is 10.0. The number of likely N-dealkylation sites (tertiary alicyclic amines) is 1. The van der Waals surface area contributed by atoms with Crippen LogP contribution in [-0.2, 0) is 33.8 Å². The Morgan fingerprint density at radius 2 is 2.10 bits per heavy atom. The summed E-state index contributed by atoms with van der Waals surface area (Å²) in [6.07, 6.45) is 6.37. The average Bonchev–Trinajstić information content (AvgIpc) is 3.40. The summed E-state index contributed by atoms with van der Waals surface area (Å²) < 4.78 is 12.3. The molecule has 3 rings (SSSR count). The molecule has 30 heavy (non-hydrogen) atoms. The number of esters is 1. The van der Waals surface area contributed by atoms with Crippen molar-refractivity contribution in [3.63, 3.8) is 0 Å². The molecule has 160 valence electrons. The summed E-state index contributed by atoms with van der Waals surface area (Å²) in [5.41, 5.74) is 0.391. The van der Waals surface area contributed by atoms with E-state index < -0.39 is 17.6 Å². The molecule has 0 saturated carbocycles. The van der Waals surface area contributed by atoms with E-state index in [1.807, 2.05) is 42.6 Å². The standard InChI is InChI=1S/C22H28N4O4/c1-3-4-8-13-25-16-19(23-24-25)15-22(20(27)29-2)12-9-14-26(22)21(28)30-17-18-10-6-5-7-11-18/h3,5-7,10-11,16H,1,4,8-9,12-15,17H2,2H3/t22-/m1/s1. The van der Waals surface area contributed by atoms with Gasteiger partial charge in [-0.2, -0.15) is 0 Å². The first-order valence-electron chi connectivity index (χ1n) is 10.2. The molecule has 2 heterocycles. The van der Waals surface area contributed by atoms with Gasteiger partial charge in [0.05, 0.1) is 12.8 Å². The predicted molar refractivity (Wildman–Crippen MR) is 110 cm³/mol. The van der Waals surface area contributed by atoms with Gasteiger partial charge in [-0.3, -0.25) is 9.58 Å². The van der Waals surface area contributed by atoms with Crippen LogP contribution in [0.4, 0.5) is 4.79 Å². The molecule has 1 aromatic carbocycles. The fourth-order valence-corrected chi connectivity index (χ4v) is 3.83. The maximum Gasteiger partial charge on any atom is 0.411 e. The molecule has 0 spiro atoms. The molecule has 0 radical (unpaired) electrons. The van der Waals surface area contributed by atoms with E-state index in [0.717, 1.165) is 18.4 Å². The van der Waals surface area contributed by atoms with E-state index >= 15 is 0 Å². The first-order chi connectivity index (χ1) is 14.6. The van der Waals surface area contributed by atoms with Crippen molar-refractivity contribution in [2.24, 2.45) is 0 Å². The molecule has 1 aliphatic rings. The van der Waals surface area contributed by atoms with Crippen LogP contribution in [0.25, 0.3) is 0 Å². The zero-order valence-corrected chi connectivity index (χ0v) is 17.3. The molecule has 1 amide bonds. The second-order valence-electron chi connectivity index (χ2n) is 7.40. The molecule has 2 aromatic rings. The van der Waals surface area contributed by atoms with Crippen LogP contribution >= 0.6 is 0 Å². The lowest BCUT2D eigenvalue weighted by Crippen LogP contribution is -2.55. The first-order valence-corrected chi connectivity index (χ1v) is 10.2. The third-order valence-electron chi connectivity index (χ3n) is 5.33. The third-order valence-corrected chi connectivity index (χ3v) is 5.33. The van der Waals surface area contributed by atoms with Crippen LogP contribution < -0.4 is 0 Å². The Balaban J connectivity index is 1.73. The van der Waals surface area contributed by atoms with Crippen molar-refractivity contribution < 1.29 is 19.1 Å². The van der Waals surface area contributed by atoms with Gasteiger partial charge >= 0.3 is 12.1 Å². The number of hydrogen-bond donors (Lipinski definition) is 0. The highest BCUT2D eigenvalue weighted by molar-refractivity contribution is 5.86. The number of methoxy groups -OCH3 is 1. The van der Waals surface area contributed by atoms with Crippen LogP contribution in [0.1, 0.15) is 36.9 Å². The minimum absolute atomic E-state index is 0.146. The fourth-order valence-electron chi connectivity index (χ4n) is 3.83. The molecule has 8 heteroatoms. The Labute approximate surface area is 176 Å². The average molecular weight is 412 g/mol. The number of aromatic nitrogens is 3. The van der Waals surface area contributed by atoms with Crippen LogP contribution in [0.2, 0.25) is 0 Å². The second-order valence-corrected chi connectivity index (χ2v) is 7.40. The van der Waals surface area contributed by atoms with Crippen molar-refractivity contribution in [2.75, 3.05) is 13.7 Å². The van der Waals surface area contributed by atoms with E-state index in [1.54, 1.807) is 4.68 Å². The number of unbranched alkanes of at least 4 members (excludes halogenated alkanes) is 1. The summed E-state index contributed by atoms with van der Waals surface area (Å²) in [4.78, 5) is 27.2. The molecule has 1 saturated heterocycles. The lowest BCUT2D eigenvalue weighted by atomic mass is 9.90. The smallest absolute Gasteiger partial charge is 0.411 e. The molecular weight excluding hydrogens is 384 g/mol. The van der Waals surface area contributed by atoms with Crippen LogP contribution in [-0.4, -0.2) is 51.1 Å². The number of rotatable bonds is 9. The summed E-state index contributed by atoms with van der Waals surface area (Å²) in [6, 6.07) is 9.44. The van der Waals surface area contributed by atoms with Gasteiger partial charge in [0.15, 0.2) is 0 Å². The lowest BCUT2D eigenvalue weighted by molar-refractivity contribution is -0.152. The third kappa shape index (κ3) is 4.87. The Kier molecular flexibility index (Phi) is 7.21. The summed E-state index contributed by atoms with van der Waals surface area (Å²) in [7, 11) is 1.34. The number of amides is 1. The summed E-state index contributed by atoms with van der Waals surface area (Å²) in [5, 5.41) is 8.35. The Hall–Kier alpha value is -3.16. The number of aryl methyl sites for hydroxylation is 1. The summed E-state index contributed by atoms with van der Waals surface area (Å²) >= 11 is 0. The molecule has 0 bridgehead atoms. The van der Waals surface area contributed by atoms with Gasteiger partial charge in [0.2, 0.25) is 0 Å². The lowest BCUT2D eigenvalue weighted by Gasteiger charge is -2.34. The van der Waals surface area contributed by atoms with E-state index in [0.29, 0.717) is 31.6 Å². The SMILES string of the molecule is C=CCCCn1cc(C[C@@]2(C(=O)OC)CCCN2C(=O)OCc2ccccc2)nn1. The van der Waals surface area contributed by atoms with Gasteiger partial charge in [-0.1, -0.05) is 41.6 Å². The van der Waals surface area contributed by atoms with Gasteiger partial charge in [0.1, 0.15) is 12.1 Å². The Morgan fingerprint density at radius 1 is 1.30 bits per heavy atom. The maximum absolute atomic E-state index is 12.9. The van der Waals surface area contributed by atoms with Crippen LogP contribution in [0, 0.1) is 0 Å². The van der Waals surface area contributed by atoms with Crippen molar-refractivity contribution in [3.8, 4) is 0 Å². The van der Waals surface area contributed by atoms with Gasteiger partial charge in [0.25, 0.3) is 0 Å². The van der Waals surface area contributed by atoms with Crippen LogP contribution in [0.5, 0.6) is 0 Å². The Morgan fingerprint density at radius 3 is 2.83 bits per heavy atom. The van der Waals surface area contributed by atoms with E-state index in [1.165, 1.54) is 12.0 Å². The molecule has 1 aliphatic heterocycles. The van der Waals surface area contributed by atoms with Crippen molar-refractivity contribution in [1.29, 1.82) is 0 Å². The Bertz CT molecular complexity index is 867. The van der Waals surface area contributed by atoms with Gasteiger partial charge in [0, 0.05) is 25.7 Å². The number of benzene rings is 1. The molecule has 1 fully saturated rings. The number of carbonyl (C=O) groups excluding carboxylic acids is 2. The summed E-state index contributed by atoms with van der Waals surface area (Å²) in [5.74, 6) is -0.460. The number of nitrogens with zero attached hydrogens (tertiary/aromatic N) is 4. The van der Waals surface area contributed by atoms with E-state index in [9.17, 15) is 9.59 Å². The van der Waals surface area contributed by atoms with Gasteiger partial charge in [-0.05, 0) is 31.2 Å². The largest absolute Gasteiger partial charge is 0.467 e. The van der Waals surface area contributed by atoms with Gasteiger partial charge in [-0.25, -0.2) is 9.59 Å². The zero-order chi connectivity index (χ0) is 21.4. The monoisotopic (exact) mass is 412 g/mol. The highest BCUT2D eigenvalue weighted by Crippen LogP contribution is 2.34.